The van der Waals surface area contributed by atoms with E-state index in [0.717, 1.165) is 5.56 Å². The minimum Gasteiger partial charge on any atom is -0.368 e. The third-order valence-electron chi connectivity index (χ3n) is 2.55. The van der Waals surface area contributed by atoms with Gasteiger partial charge in [-0.1, -0.05) is 12.1 Å². The van der Waals surface area contributed by atoms with Crippen molar-refractivity contribution in [1.82, 2.24) is 0 Å². The number of carbonyl (C=O) groups excluding carboxylic acids is 1. The highest BCUT2D eigenvalue weighted by Gasteiger charge is 2.27. The quantitative estimate of drug-likeness (QED) is 0.845. The van der Waals surface area contributed by atoms with Gasteiger partial charge in [0.15, 0.2) is 0 Å². The number of alkyl halides is 3. The smallest absolute Gasteiger partial charge is 0.368 e. The molecule has 1 aromatic carbocycles. The third kappa shape index (κ3) is 6.03. The molecule has 1 atom stereocenters. The van der Waals surface area contributed by atoms with Crippen LogP contribution in [0, 0.1) is 0 Å². The summed E-state index contributed by atoms with van der Waals surface area (Å²) in [6.45, 7) is 1.20. The van der Waals surface area contributed by atoms with Crippen molar-refractivity contribution in [3.63, 3.8) is 0 Å². The Kier molecular flexibility index (Phi) is 5.97. The molecule has 0 heterocycles. The van der Waals surface area contributed by atoms with E-state index in [2.05, 4.69) is 5.32 Å². The van der Waals surface area contributed by atoms with E-state index in [-0.39, 0.29) is 0 Å². The van der Waals surface area contributed by atoms with Crippen LogP contribution in [0.15, 0.2) is 24.3 Å². The standard InChI is InChI=1S/C13H17F3N2O2/c1-9(20-6-5-13(14,15)16)12(19)18-11-4-2-3-10(7-11)8-17/h2-4,7,9H,5-6,8,17H2,1H3,(H,18,19). The number of halogens is 3. The molecule has 3 N–H and O–H groups in total. The molecule has 0 aromatic heterocycles. The summed E-state index contributed by atoms with van der Waals surface area (Å²) in [5.41, 5.74) is 6.84. The molecule has 4 nitrogen and oxygen atoms in total. The molecule has 0 radical (unpaired) electrons. The average Bonchev–Trinajstić information content (AvgIpc) is 2.37. The van der Waals surface area contributed by atoms with E-state index in [1.54, 1.807) is 24.3 Å². The Bertz CT molecular complexity index is 449. The molecule has 0 aliphatic heterocycles. The van der Waals surface area contributed by atoms with Gasteiger partial charge < -0.3 is 15.8 Å². The molecule has 112 valence electrons. The molecular formula is C13H17F3N2O2. The van der Waals surface area contributed by atoms with Crippen LogP contribution in [0.4, 0.5) is 18.9 Å². The highest BCUT2D eigenvalue weighted by Crippen LogP contribution is 2.19. The average molecular weight is 290 g/mol. The Hall–Kier alpha value is -1.60. The summed E-state index contributed by atoms with van der Waals surface area (Å²) < 4.78 is 40.7. The molecule has 0 saturated carbocycles. The van der Waals surface area contributed by atoms with Gasteiger partial charge in [-0.15, -0.1) is 0 Å². The first-order chi connectivity index (χ1) is 9.31. The van der Waals surface area contributed by atoms with Crippen LogP contribution in [-0.2, 0) is 16.1 Å². The lowest BCUT2D eigenvalue weighted by atomic mass is 10.2. The molecule has 0 aliphatic rings. The summed E-state index contributed by atoms with van der Waals surface area (Å²) in [7, 11) is 0. The van der Waals surface area contributed by atoms with Gasteiger partial charge in [0, 0.05) is 12.2 Å². The van der Waals surface area contributed by atoms with Crippen molar-refractivity contribution in [2.24, 2.45) is 5.73 Å². The molecule has 1 unspecified atom stereocenters. The molecule has 20 heavy (non-hydrogen) atoms. The number of hydrogen-bond donors (Lipinski definition) is 2. The monoisotopic (exact) mass is 290 g/mol. The Morgan fingerprint density at radius 2 is 2.15 bits per heavy atom. The second-order valence-corrected chi connectivity index (χ2v) is 4.27. The van der Waals surface area contributed by atoms with Crippen molar-refractivity contribution in [3.8, 4) is 0 Å². The van der Waals surface area contributed by atoms with Crippen LogP contribution >= 0.6 is 0 Å². The van der Waals surface area contributed by atoms with Gasteiger partial charge in [-0.3, -0.25) is 4.79 Å². The van der Waals surface area contributed by atoms with Crippen LogP contribution < -0.4 is 11.1 Å². The van der Waals surface area contributed by atoms with E-state index in [4.69, 9.17) is 10.5 Å². The van der Waals surface area contributed by atoms with Gasteiger partial charge in [0.25, 0.3) is 5.91 Å². The molecule has 0 bridgehead atoms. The number of ether oxygens (including phenoxy) is 1. The normalized spacial score (nSPS) is 13.1. The van der Waals surface area contributed by atoms with E-state index >= 15 is 0 Å². The minimum absolute atomic E-state index is 0.335. The summed E-state index contributed by atoms with van der Waals surface area (Å²) in [6, 6.07) is 6.89. The Morgan fingerprint density at radius 1 is 1.45 bits per heavy atom. The Labute approximate surface area is 115 Å². The van der Waals surface area contributed by atoms with Crippen LogP contribution in [0.5, 0.6) is 0 Å². The van der Waals surface area contributed by atoms with Crippen molar-refractivity contribution >= 4 is 11.6 Å². The number of anilines is 1. The van der Waals surface area contributed by atoms with Gasteiger partial charge in [-0.25, -0.2) is 0 Å². The predicted octanol–water partition coefficient (Wildman–Crippen LogP) is 2.44. The summed E-state index contributed by atoms with van der Waals surface area (Å²) in [6.07, 6.45) is -6.32. The maximum atomic E-state index is 11.9. The summed E-state index contributed by atoms with van der Waals surface area (Å²) in [4.78, 5) is 11.7. The zero-order valence-corrected chi connectivity index (χ0v) is 11.0. The van der Waals surface area contributed by atoms with Gasteiger partial charge >= 0.3 is 6.18 Å². The van der Waals surface area contributed by atoms with Crippen LogP contribution in [0.1, 0.15) is 18.9 Å². The minimum atomic E-state index is -4.29. The van der Waals surface area contributed by atoms with Crippen molar-refractivity contribution in [1.29, 1.82) is 0 Å². The first-order valence-corrected chi connectivity index (χ1v) is 6.10. The maximum absolute atomic E-state index is 11.9. The second kappa shape index (κ2) is 7.25. The fourth-order valence-corrected chi connectivity index (χ4v) is 1.45. The number of hydrogen-bond acceptors (Lipinski definition) is 3. The Balaban J connectivity index is 2.45. The van der Waals surface area contributed by atoms with Crippen molar-refractivity contribution < 1.29 is 22.7 Å². The molecule has 1 amide bonds. The molecule has 7 heteroatoms. The Morgan fingerprint density at radius 3 is 2.75 bits per heavy atom. The molecule has 0 spiro atoms. The number of carbonyl (C=O) groups is 1. The lowest BCUT2D eigenvalue weighted by Gasteiger charge is -2.14. The van der Waals surface area contributed by atoms with Gasteiger partial charge in [-0.2, -0.15) is 13.2 Å². The maximum Gasteiger partial charge on any atom is 0.391 e. The highest BCUT2D eigenvalue weighted by molar-refractivity contribution is 5.93. The lowest BCUT2D eigenvalue weighted by Crippen LogP contribution is -2.29. The zero-order valence-electron chi connectivity index (χ0n) is 11.0. The number of amides is 1. The second-order valence-electron chi connectivity index (χ2n) is 4.27. The van der Waals surface area contributed by atoms with E-state index < -0.39 is 31.2 Å². The van der Waals surface area contributed by atoms with Crippen molar-refractivity contribution in [3.05, 3.63) is 29.8 Å². The fraction of sp³-hybridized carbons (Fsp3) is 0.462. The highest BCUT2D eigenvalue weighted by atomic mass is 19.4. The number of benzene rings is 1. The first kappa shape index (κ1) is 16.5. The molecule has 1 rings (SSSR count). The van der Waals surface area contributed by atoms with E-state index in [9.17, 15) is 18.0 Å². The van der Waals surface area contributed by atoms with Crippen LogP contribution in [0.3, 0.4) is 0 Å². The van der Waals surface area contributed by atoms with Gasteiger partial charge in [0.1, 0.15) is 6.10 Å². The molecule has 0 saturated heterocycles. The number of rotatable bonds is 6. The lowest BCUT2D eigenvalue weighted by molar-refractivity contribution is -0.152. The van der Waals surface area contributed by atoms with Crippen LogP contribution in [0.25, 0.3) is 0 Å². The molecular weight excluding hydrogens is 273 g/mol. The van der Waals surface area contributed by atoms with Crippen LogP contribution in [0.2, 0.25) is 0 Å². The van der Waals surface area contributed by atoms with E-state index in [0.29, 0.717) is 12.2 Å². The summed E-state index contributed by atoms with van der Waals surface area (Å²) in [5.74, 6) is -0.499. The summed E-state index contributed by atoms with van der Waals surface area (Å²) in [5, 5.41) is 2.56. The zero-order chi connectivity index (χ0) is 15.2. The van der Waals surface area contributed by atoms with Crippen molar-refractivity contribution in [2.75, 3.05) is 11.9 Å². The predicted molar refractivity (Wildman–Crippen MR) is 69.0 cm³/mol. The first-order valence-electron chi connectivity index (χ1n) is 6.10. The SMILES string of the molecule is CC(OCCC(F)(F)F)C(=O)Nc1cccc(CN)c1. The van der Waals surface area contributed by atoms with Crippen molar-refractivity contribution in [2.45, 2.75) is 32.2 Å². The number of nitrogens with one attached hydrogen (secondary N) is 1. The van der Waals surface area contributed by atoms with E-state index in [1.165, 1.54) is 6.92 Å². The molecule has 1 aromatic rings. The largest absolute Gasteiger partial charge is 0.391 e. The van der Waals surface area contributed by atoms with Gasteiger partial charge in [0.2, 0.25) is 0 Å². The summed E-state index contributed by atoms with van der Waals surface area (Å²) >= 11 is 0. The topological polar surface area (TPSA) is 64.3 Å². The third-order valence-corrected chi connectivity index (χ3v) is 2.55. The number of nitrogens with two attached hydrogens (primary N) is 1. The molecule has 0 aliphatic carbocycles. The van der Waals surface area contributed by atoms with E-state index in [1.807, 2.05) is 0 Å². The van der Waals surface area contributed by atoms with Crippen LogP contribution in [-0.4, -0.2) is 24.8 Å². The fourth-order valence-electron chi connectivity index (χ4n) is 1.45. The van der Waals surface area contributed by atoms with Gasteiger partial charge in [0.05, 0.1) is 13.0 Å². The van der Waals surface area contributed by atoms with Gasteiger partial charge in [-0.05, 0) is 24.6 Å². The molecule has 0 fully saturated rings.